The summed E-state index contributed by atoms with van der Waals surface area (Å²) in [5.74, 6) is -0.689. The van der Waals surface area contributed by atoms with E-state index in [0.29, 0.717) is 28.0 Å². The van der Waals surface area contributed by atoms with Gasteiger partial charge in [0.05, 0.1) is 0 Å². The molecular weight excluding hydrogens is 346 g/mol. The number of hydrogen-bond donors (Lipinski definition) is 1. The molecule has 2 aromatic heterocycles. The number of ether oxygens (including phenoxy) is 1. The van der Waals surface area contributed by atoms with Crippen LogP contribution in [0.4, 0.5) is 0 Å². The normalized spacial score (nSPS) is 11.0. The molecular formula is C21H21NO5. The molecule has 0 atom stereocenters. The van der Waals surface area contributed by atoms with E-state index in [0.717, 1.165) is 16.5 Å². The minimum atomic E-state index is -0.576. The number of hydrogen-bond acceptors (Lipinski definition) is 5. The predicted octanol–water partition coefficient (Wildman–Crippen LogP) is 3.91. The van der Waals surface area contributed by atoms with Crippen molar-refractivity contribution in [3.05, 3.63) is 67.8 Å². The van der Waals surface area contributed by atoms with E-state index < -0.39 is 11.6 Å². The molecule has 1 aromatic carbocycles. The molecule has 0 saturated carbocycles. The number of Topliss-reactive ketones (excluding diaryl/α,β-unsaturated/α-hetero) is 1. The average Bonchev–Trinajstić information content (AvgIpc) is 2.90. The maximum absolute atomic E-state index is 12.5. The highest BCUT2D eigenvalue weighted by Gasteiger charge is 2.21. The Morgan fingerprint density at radius 2 is 1.81 bits per heavy atom. The number of aromatic amines is 1. The van der Waals surface area contributed by atoms with Gasteiger partial charge in [0, 0.05) is 28.3 Å². The maximum atomic E-state index is 12.5. The van der Waals surface area contributed by atoms with E-state index in [9.17, 15) is 14.4 Å². The summed E-state index contributed by atoms with van der Waals surface area (Å²) in [4.78, 5) is 39.1. The molecule has 6 heteroatoms. The van der Waals surface area contributed by atoms with Crippen molar-refractivity contribution < 1.29 is 18.7 Å². The lowest BCUT2D eigenvalue weighted by atomic mass is 10.0. The Hall–Kier alpha value is -3.15. The number of esters is 1. The Bertz CT molecular complexity index is 1130. The van der Waals surface area contributed by atoms with Crippen LogP contribution in [0.1, 0.15) is 55.7 Å². The Morgan fingerprint density at radius 3 is 2.44 bits per heavy atom. The molecule has 2 heterocycles. The highest BCUT2D eigenvalue weighted by Crippen LogP contribution is 2.24. The lowest BCUT2D eigenvalue weighted by Crippen LogP contribution is -2.10. The molecule has 140 valence electrons. The van der Waals surface area contributed by atoms with Gasteiger partial charge in [0.1, 0.15) is 17.9 Å². The van der Waals surface area contributed by atoms with E-state index in [-0.39, 0.29) is 18.1 Å². The van der Waals surface area contributed by atoms with Crippen LogP contribution in [0.5, 0.6) is 0 Å². The van der Waals surface area contributed by atoms with E-state index in [1.165, 1.54) is 13.0 Å². The molecule has 27 heavy (non-hydrogen) atoms. The average molecular weight is 367 g/mol. The molecule has 0 fully saturated rings. The lowest BCUT2D eigenvalue weighted by molar-refractivity contribution is 0.0466. The van der Waals surface area contributed by atoms with Gasteiger partial charge in [-0.1, -0.05) is 12.1 Å². The summed E-state index contributed by atoms with van der Waals surface area (Å²) in [7, 11) is 0. The fourth-order valence-corrected chi connectivity index (χ4v) is 3.34. The van der Waals surface area contributed by atoms with Gasteiger partial charge in [-0.15, -0.1) is 0 Å². The number of H-pyrrole nitrogens is 1. The largest absolute Gasteiger partial charge is 0.456 e. The molecule has 0 spiro atoms. The van der Waals surface area contributed by atoms with E-state index in [2.05, 4.69) is 4.98 Å². The van der Waals surface area contributed by atoms with Crippen molar-refractivity contribution in [1.29, 1.82) is 0 Å². The highest BCUT2D eigenvalue weighted by atomic mass is 16.5. The minimum Gasteiger partial charge on any atom is -0.456 e. The number of carbonyl (C=O) groups excluding carboxylic acids is 2. The first-order chi connectivity index (χ1) is 12.7. The van der Waals surface area contributed by atoms with Gasteiger partial charge in [0.15, 0.2) is 5.78 Å². The molecule has 0 bridgehead atoms. The van der Waals surface area contributed by atoms with Crippen LogP contribution in [0.15, 0.2) is 27.4 Å². The summed E-state index contributed by atoms with van der Waals surface area (Å²) in [5, 5.41) is 0.731. The number of carbonyl (C=O) groups is 2. The van der Waals surface area contributed by atoms with Crippen molar-refractivity contribution in [3.63, 3.8) is 0 Å². The standard InChI is InChI=1S/C21H21NO5/c1-10-6-7-16-15(8-17(24)27-20(16)11(10)2)9-26-21(25)19-12(3)18(14(5)23)13(4)22-19/h6-8,22H,9H2,1-5H3. The van der Waals surface area contributed by atoms with Crippen LogP contribution in [0.2, 0.25) is 0 Å². The quantitative estimate of drug-likeness (QED) is 0.429. The van der Waals surface area contributed by atoms with Gasteiger partial charge in [0.2, 0.25) is 0 Å². The molecule has 3 rings (SSSR count). The summed E-state index contributed by atoms with van der Waals surface area (Å²) in [6, 6.07) is 5.11. The molecule has 0 amide bonds. The van der Waals surface area contributed by atoms with Gasteiger partial charge in [0.25, 0.3) is 0 Å². The van der Waals surface area contributed by atoms with Crippen LogP contribution in [0.25, 0.3) is 11.0 Å². The van der Waals surface area contributed by atoms with Crippen LogP contribution in [-0.2, 0) is 11.3 Å². The van der Waals surface area contributed by atoms with Crippen molar-refractivity contribution in [2.24, 2.45) is 0 Å². The molecule has 3 aromatic rings. The fraction of sp³-hybridized carbons (Fsp3) is 0.286. The summed E-state index contributed by atoms with van der Waals surface area (Å²) >= 11 is 0. The first-order valence-corrected chi connectivity index (χ1v) is 8.61. The van der Waals surface area contributed by atoms with Gasteiger partial charge in [-0.2, -0.15) is 0 Å². The second kappa shape index (κ2) is 6.87. The van der Waals surface area contributed by atoms with Crippen molar-refractivity contribution in [1.82, 2.24) is 4.98 Å². The highest BCUT2D eigenvalue weighted by molar-refractivity contribution is 6.01. The third-order valence-electron chi connectivity index (χ3n) is 4.87. The lowest BCUT2D eigenvalue weighted by Gasteiger charge is -2.09. The van der Waals surface area contributed by atoms with Crippen LogP contribution in [0, 0.1) is 27.7 Å². The topological polar surface area (TPSA) is 89.4 Å². The molecule has 0 saturated heterocycles. The second-order valence-corrected chi connectivity index (χ2v) is 6.73. The number of aromatic nitrogens is 1. The first-order valence-electron chi connectivity index (χ1n) is 8.61. The van der Waals surface area contributed by atoms with Crippen molar-refractivity contribution in [2.45, 2.75) is 41.2 Å². The van der Waals surface area contributed by atoms with Gasteiger partial charge < -0.3 is 14.1 Å². The predicted molar refractivity (Wildman–Crippen MR) is 101 cm³/mol. The van der Waals surface area contributed by atoms with Crippen molar-refractivity contribution in [3.8, 4) is 0 Å². The summed E-state index contributed by atoms with van der Waals surface area (Å²) in [5.41, 5.74) is 4.40. The zero-order chi connectivity index (χ0) is 19.9. The SMILES string of the molecule is CC(=O)c1c(C)[nH]c(C(=O)OCc2cc(=O)oc3c(C)c(C)ccc23)c1C. The number of ketones is 1. The van der Waals surface area contributed by atoms with Crippen molar-refractivity contribution >= 4 is 22.7 Å². The first kappa shape index (κ1) is 18.6. The molecule has 0 aliphatic heterocycles. The molecule has 0 radical (unpaired) electrons. The Balaban J connectivity index is 1.93. The third-order valence-corrected chi connectivity index (χ3v) is 4.87. The van der Waals surface area contributed by atoms with Crippen LogP contribution >= 0.6 is 0 Å². The second-order valence-electron chi connectivity index (χ2n) is 6.73. The third kappa shape index (κ3) is 3.30. The smallest absolute Gasteiger partial charge is 0.355 e. The van der Waals surface area contributed by atoms with Gasteiger partial charge in [-0.05, 0) is 51.3 Å². The monoisotopic (exact) mass is 367 g/mol. The van der Waals surface area contributed by atoms with E-state index in [4.69, 9.17) is 9.15 Å². The van der Waals surface area contributed by atoms with E-state index in [1.54, 1.807) is 13.8 Å². The molecule has 0 unspecified atom stereocenters. The van der Waals surface area contributed by atoms with Crippen LogP contribution in [0.3, 0.4) is 0 Å². The Morgan fingerprint density at radius 1 is 1.11 bits per heavy atom. The zero-order valence-electron chi connectivity index (χ0n) is 16.0. The number of nitrogens with one attached hydrogen (secondary N) is 1. The molecule has 0 aliphatic carbocycles. The Kier molecular flexibility index (Phi) is 4.74. The summed E-state index contributed by atoms with van der Waals surface area (Å²) in [6.07, 6.45) is 0. The molecule has 6 nitrogen and oxygen atoms in total. The summed E-state index contributed by atoms with van der Waals surface area (Å²) < 4.78 is 10.7. The summed E-state index contributed by atoms with van der Waals surface area (Å²) in [6.45, 7) is 8.64. The van der Waals surface area contributed by atoms with Gasteiger partial charge in [-0.25, -0.2) is 9.59 Å². The van der Waals surface area contributed by atoms with Gasteiger partial charge in [-0.3, -0.25) is 4.79 Å². The van der Waals surface area contributed by atoms with Crippen molar-refractivity contribution in [2.75, 3.05) is 0 Å². The van der Waals surface area contributed by atoms with Crippen LogP contribution < -0.4 is 5.63 Å². The molecule has 1 N–H and O–H groups in total. The van der Waals surface area contributed by atoms with Gasteiger partial charge >= 0.3 is 11.6 Å². The number of aryl methyl sites for hydroxylation is 3. The molecule has 0 aliphatic rings. The van der Waals surface area contributed by atoms with Crippen LogP contribution in [-0.4, -0.2) is 16.7 Å². The number of benzene rings is 1. The maximum Gasteiger partial charge on any atom is 0.355 e. The zero-order valence-corrected chi connectivity index (χ0v) is 16.0. The fourth-order valence-electron chi connectivity index (χ4n) is 3.34. The number of fused-ring (bicyclic) bond motifs is 1. The Labute approximate surface area is 156 Å². The number of rotatable bonds is 4. The minimum absolute atomic E-state index is 0.0731. The van der Waals surface area contributed by atoms with E-state index in [1.807, 2.05) is 26.0 Å². The van der Waals surface area contributed by atoms with E-state index >= 15 is 0 Å².